The van der Waals surface area contributed by atoms with Gasteiger partial charge in [0.2, 0.25) is 5.95 Å². The first-order chi connectivity index (χ1) is 7.15. The Morgan fingerprint density at radius 3 is 2.93 bits per heavy atom. The Bertz CT molecular complexity index is 316. The zero-order chi connectivity index (χ0) is 11.3. The van der Waals surface area contributed by atoms with E-state index in [1.165, 1.54) is 0 Å². The van der Waals surface area contributed by atoms with E-state index in [0.29, 0.717) is 12.6 Å². The fourth-order valence-electron chi connectivity index (χ4n) is 1.28. The van der Waals surface area contributed by atoms with Crippen molar-refractivity contribution in [1.29, 1.82) is 0 Å². The normalized spacial score (nSPS) is 10.3. The van der Waals surface area contributed by atoms with Crippen LogP contribution in [-0.4, -0.2) is 36.8 Å². The molecule has 0 atom stereocenters. The lowest BCUT2D eigenvalue weighted by atomic mass is 10.3. The number of aromatic nitrogens is 2. The summed E-state index contributed by atoms with van der Waals surface area (Å²) >= 11 is 0. The van der Waals surface area contributed by atoms with Gasteiger partial charge in [-0.05, 0) is 13.8 Å². The molecule has 0 aliphatic heterocycles. The summed E-state index contributed by atoms with van der Waals surface area (Å²) in [6.45, 7) is 6.17. The third-order valence-electron chi connectivity index (χ3n) is 2.10. The van der Waals surface area contributed by atoms with Gasteiger partial charge >= 0.3 is 0 Å². The molecule has 0 radical (unpaired) electrons. The van der Waals surface area contributed by atoms with E-state index in [1.807, 2.05) is 25.8 Å². The van der Waals surface area contributed by atoms with E-state index in [9.17, 15) is 0 Å². The molecule has 5 nitrogen and oxygen atoms in total. The summed E-state index contributed by atoms with van der Waals surface area (Å²) in [4.78, 5) is 10.1. The first-order valence-corrected chi connectivity index (χ1v) is 5.03. The highest BCUT2D eigenvalue weighted by atomic mass is 16.5. The second-order valence-electron chi connectivity index (χ2n) is 3.35. The Morgan fingerprint density at radius 2 is 2.27 bits per heavy atom. The van der Waals surface area contributed by atoms with Crippen molar-refractivity contribution in [2.24, 2.45) is 0 Å². The van der Waals surface area contributed by atoms with Gasteiger partial charge in [-0.25, -0.2) is 4.98 Å². The molecule has 0 unspecified atom stereocenters. The number of anilines is 2. The minimum Gasteiger partial charge on any atom is -0.380 e. The molecular formula is C10H18N4O. The number of rotatable bonds is 5. The van der Waals surface area contributed by atoms with Crippen molar-refractivity contribution in [3.63, 3.8) is 0 Å². The first kappa shape index (κ1) is 11.7. The predicted molar refractivity (Wildman–Crippen MR) is 60.9 cm³/mol. The lowest BCUT2D eigenvalue weighted by molar-refractivity contribution is 0.154. The van der Waals surface area contributed by atoms with E-state index < -0.39 is 0 Å². The molecule has 0 aliphatic rings. The summed E-state index contributed by atoms with van der Waals surface area (Å²) < 4.78 is 5.28. The smallest absolute Gasteiger partial charge is 0.221 e. The van der Waals surface area contributed by atoms with Gasteiger partial charge in [0.25, 0.3) is 0 Å². The maximum absolute atomic E-state index is 5.54. The van der Waals surface area contributed by atoms with Gasteiger partial charge < -0.3 is 15.4 Å². The molecule has 0 aliphatic carbocycles. The SMILES string of the molecule is CCOCCN(C)c1nc(N)ncc1C. The molecule has 0 fully saturated rings. The maximum atomic E-state index is 5.54. The highest BCUT2D eigenvalue weighted by Gasteiger charge is 2.06. The summed E-state index contributed by atoms with van der Waals surface area (Å²) in [5.74, 6) is 1.17. The van der Waals surface area contributed by atoms with Gasteiger partial charge in [0.1, 0.15) is 5.82 Å². The summed E-state index contributed by atoms with van der Waals surface area (Å²) in [6, 6.07) is 0. The van der Waals surface area contributed by atoms with E-state index in [0.717, 1.165) is 24.5 Å². The van der Waals surface area contributed by atoms with Crippen molar-refractivity contribution in [3.05, 3.63) is 11.8 Å². The number of aryl methyl sites for hydroxylation is 1. The fraction of sp³-hybridized carbons (Fsp3) is 0.600. The second kappa shape index (κ2) is 5.50. The largest absolute Gasteiger partial charge is 0.380 e. The zero-order valence-corrected chi connectivity index (χ0v) is 9.53. The minimum atomic E-state index is 0.304. The van der Waals surface area contributed by atoms with Gasteiger partial charge in [0, 0.05) is 32.0 Å². The number of ether oxygens (including phenoxy) is 1. The third kappa shape index (κ3) is 3.36. The van der Waals surface area contributed by atoms with E-state index in [4.69, 9.17) is 10.5 Å². The van der Waals surface area contributed by atoms with E-state index in [-0.39, 0.29) is 0 Å². The number of hydrogen-bond acceptors (Lipinski definition) is 5. The average molecular weight is 210 g/mol. The highest BCUT2D eigenvalue weighted by Crippen LogP contribution is 2.14. The molecule has 0 saturated heterocycles. The van der Waals surface area contributed by atoms with Crippen molar-refractivity contribution < 1.29 is 4.74 Å². The number of likely N-dealkylation sites (N-methyl/N-ethyl adjacent to an activating group) is 1. The summed E-state index contributed by atoms with van der Waals surface area (Å²) in [5.41, 5.74) is 6.56. The van der Waals surface area contributed by atoms with E-state index >= 15 is 0 Å². The molecule has 0 saturated carbocycles. The van der Waals surface area contributed by atoms with Crippen LogP contribution in [0.1, 0.15) is 12.5 Å². The Morgan fingerprint density at radius 1 is 1.53 bits per heavy atom. The predicted octanol–water partition coefficient (Wildman–Crippen LogP) is 0.840. The lowest BCUT2D eigenvalue weighted by Gasteiger charge is -2.19. The monoisotopic (exact) mass is 210 g/mol. The van der Waals surface area contributed by atoms with Crippen LogP contribution in [0.4, 0.5) is 11.8 Å². The van der Waals surface area contributed by atoms with Crippen LogP contribution in [0.5, 0.6) is 0 Å². The number of nitrogens with two attached hydrogens (primary N) is 1. The highest BCUT2D eigenvalue weighted by molar-refractivity contribution is 5.47. The Labute approximate surface area is 90.3 Å². The van der Waals surface area contributed by atoms with Crippen molar-refractivity contribution in [2.45, 2.75) is 13.8 Å². The molecule has 5 heteroatoms. The standard InChI is InChI=1S/C10H18N4O/c1-4-15-6-5-14(3)9-8(2)7-12-10(11)13-9/h7H,4-6H2,1-3H3,(H2,11,12,13). The van der Waals surface area contributed by atoms with Gasteiger partial charge in [-0.3, -0.25) is 0 Å². The van der Waals surface area contributed by atoms with E-state index in [2.05, 4.69) is 9.97 Å². The number of hydrogen-bond donors (Lipinski definition) is 1. The Kier molecular flexibility index (Phi) is 4.30. The maximum Gasteiger partial charge on any atom is 0.221 e. The van der Waals surface area contributed by atoms with Crippen molar-refractivity contribution in [2.75, 3.05) is 37.4 Å². The van der Waals surface area contributed by atoms with E-state index in [1.54, 1.807) is 6.20 Å². The van der Waals surface area contributed by atoms with Crippen LogP contribution in [0.3, 0.4) is 0 Å². The van der Waals surface area contributed by atoms with Gasteiger partial charge in [-0.1, -0.05) is 0 Å². The summed E-state index contributed by atoms with van der Waals surface area (Å²) in [5, 5.41) is 0. The van der Waals surface area contributed by atoms with Crippen molar-refractivity contribution in [3.8, 4) is 0 Å². The van der Waals surface area contributed by atoms with Gasteiger partial charge in [-0.2, -0.15) is 4.98 Å². The van der Waals surface area contributed by atoms with Crippen molar-refractivity contribution in [1.82, 2.24) is 9.97 Å². The molecular weight excluding hydrogens is 192 g/mol. The van der Waals surface area contributed by atoms with Gasteiger partial charge in [0.15, 0.2) is 0 Å². The van der Waals surface area contributed by atoms with Gasteiger partial charge in [0.05, 0.1) is 6.61 Å². The van der Waals surface area contributed by atoms with Crippen LogP contribution >= 0.6 is 0 Å². The molecule has 1 heterocycles. The van der Waals surface area contributed by atoms with Crippen molar-refractivity contribution >= 4 is 11.8 Å². The first-order valence-electron chi connectivity index (χ1n) is 5.03. The van der Waals surface area contributed by atoms with Crippen LogP contribution in [0, 0.1) is 6.92 Å². The summed E-state index contributed by atoms with van der Waals surface area (Å²) in [7, 11) is 1.97. The molecule has 0 amide bonds. The second-order valence-corrected chi connectivity index (χ2v) is 3.35. The molecule has 0 bridgehead atoms. The molecule has 15 heavy (non-hydrogen) atoms. The molecule has 84 valence electrons. The summed E-state index contributed by atoms with van der Waals surface area (Å²) in [6.07, 6.45) is 1.73. The molecule has 1 aromatic rings. The van der Waals surface area contributed by atoms with Gasteiger partial charge in [-0.15, -0.1) is 0 Å². The molecule has 1 aromatic heterocycles. The zero-order valence-electron chi connectivity index (χ0n) is 9.53. The van der Waals surface area contributed by atoms with Crippen LogP contribution in [0.15, 0.2) is 6.20 Å². The van der Waals surface area contributed by atoms with Crippen LogP contribution in [0.2, 0.25) is 0 Å². The Balaban J connectivity index is 2.64. The third-order valence-corrected chi connectivity index (χ3v) is 2.10. The number of nitrogens with zero attached hydrogens (tertiary/aromatic N) is 3. The number of nitrogen functional groups attached to an aromatic ring is 1. The quantitative estimate of drug-likeness (QED) is 0.730. The lowest BCUT2D eigenvalue weighted by Crippen LogP contribution is -2.24. The topological polar surface area (TPSA) is 64.3 Å². The molecule has 0 spiro atoms. The molecule has 2 N–H and O–H groups in total. The molecule has 0 aromatic carbocycles. The van der Waals surface area contributed by atoms with Crippen LogP contribution in [0.25, 0.3) is 0 Å². The fourth-order valence-corrected chi connectivity index (χ4v) is 1.28. The molecule has 1 rings (SSSR count). The van der Waals surface area contributed by atoms with Crippen LogP contribution < -0.4 is 10.6 Å². The van der Waals surface area contributed by atoms with Crippen LogP contribution in [-0.2, 0) is 4.74 Å². The average Bonchev–Trinajstić information content (AvgIpc) is 2.22. The minimum absolute atomic E-state index is 0.304. The Hall–Kier alpha value is -1.36.